The molecule has 0 aliphatic carbocycles. The van der Waals surface area contributed by atoms with Gasteiger partial charge in [-0.2, -0.15) is 13.2 Å². The second-order valence-corrected chi connectivity index (χ2v) is 9.58. The molecule has 1 aliphatic rings. The van der Waals surface area contributed by atoms with Gasteiger partial charge in [0.1, 0.15) is 5.75 Å². The molecule has 0 radical (unpaired) electrons. The van der Waals surface area contributed by atoms with Crippen LogP contribution in [-0.4, -0.2) is 64.2 Å². The van der Waals surface area contributed by atoms with Crippen LogP contribution in [0.15, 0.2) is 72.8 Å². The average molecular weight is 558 g/mol. The second-order valence-electron chi connectivity index (χ2n) is 9.58. The molecule has 0 aromatic heterocycles. The molecule has 0 bridgehead atoms. The smallest absolute Gasteiger partial charge is 0.490 e. The number of carbonyl (C=O) groups excluding carboxylic acids is 1. The number of hydrogen-bond donors (Lipinski definition) is 3. The summed E-state index contributed by atoms with van der Waals surface area (Å²) in [4.78, 5) is 26.4. The largest absolute Gasteiger partial charge is 0.508 e. The topological polar surface area (TPSA) is 93.1 Å². The van der Waals surface area contributed by atoms with Crippen LogP contribution in [-0.2, 0) is 24.3 Å². The maximum atomic E-state index is 12.6. The molecule has 1 saturated heterocycles. The van der Waals surface area contributed by atoms with E-state index in [9.17, 15) is 23.1 Å². The van der Waals surface area contributed by atoms with Crippen LogP contribution in [0.2, 0.25) is 0 Å². The minimum absolute atomic E-state index is 0.0804. The number of amides is 1. The normalized spacial score (nSPS) is 14.5. The number of halogens is 3. The summed E-state index contributed by atoms with van der Waals surface area (Å²) in [5.41, 5.74) is 5.12. The average Bonchev–Trinajstić information content (AvgIpc) is 3.14. The summed E-state index contributed by atoms with van der Waals surface area (Å²) >= 11 is 0. The molecule has 0 saturated carbocycles. The number of alkyl halides is 3. The van der Waals surface area contributed by atoms with Crippen LogP contribution in [0.25, 0.3) is 0 Å². The highest BCUT2D eigenvalue weighted by atomic mass is 19.4. The summed E-state index contributed by atoms with van der Waals surface area (Å²) in [6.45, 7) is 8.01. The van der Waals surface area contributed by atoms with E-state index in [4.69, 9.17) is 9.90 Å². The number of rotatable bonds is 7. The molecule has 214 valence electrons. The summed E-state index contributed by atoms with van der Waals surface area (Å²) in [7, 11) is 0. The lowest BCUT2D eigenvalue weighted by atomic mass is 10.1. The number of anilines is 1. The third kappa shape index (κ3) is 10.0. The molecule has 7 nitrogen and oxygen atoms in total. The Morgan fingerprint density at radius 1 is 0.825 bits per heavy atom. The molecule has 0 unspecified atom stereocenters. The molecule has 4 rings (SSSR count). The number of aromatic hydroxyl groups is 1. The monoisotopic (exact) mass is 557 g/mol. The first-order chi connectivity index (χ1) is 19.0. The first kappa shape index (κ1) is 30.6. The van der Waals surface area contributed by atoms with E-state index >= 15 is 0 Å². The van der Waals surface area contributed by atoms with Crippen molar-refractivity contribution in [3.63, 3.8) is 0 Å². The van der Waals surface area contributed by atoms with E-state index in [-0.39, 0.29) is 5.91 Å². The number of carboxylic acids is 1. The molecular formula is C30H34F3N3O4. The highest BCUT2D eigenvalue weighted by Crippen LogP contribution is 2.17. The predicted molar refractivity (Wildman–Crippen MR) is 147 cm³/mol. The van der Waals surface area contributed by atoms with Crippen molar-refractivity contribution in [2.45, 2.75) is 39.0 Å². The van der Waals surface area contributed by atoms with Crippen LogP contribution in [0.1, 0.15) is 40.4 Å². The van der Waals surface area contributed by atoms with Crippen molar-refractivity contribution in [3.05, 3.63) is 95.1 Å². The van der Waals surface area contributed by atoms with Crippen molar-refractivity contribution in [2.75, 3.05) is 31.5 Å². The third-order valence-corrected chi connectivity index (χ3v) is 6.48. The van der Waals surface area contributed by atoms with Crippen LogP contribution >= 0.6 is 0 Å². The highest BCUT2D eigenvalue weighted by molar-refractivity contribution is 6.04. The maximum Gasteiger partial charge on any atom is 0.490 e. The van der Waals surface area contributed by atoms with Crippen molar-refractivity contribution in [2.24, 2.45) is 0 Å². The fourth-order valence-electron chi connectivity index (χ4n) is 4.30. The Labute approximate surface area is 231 Å². The molecular weight excluding hydrogens is 523 g/mol. The Kier molecular flexibility index (Phi) is 11.1. The summed E-state index contributed by atoms with van der Waals surface area (Å²) in [5, 5.41) is 19.8. The summed E-state index contributed by atoms with van der Waals surface area (Å²) in [6.07, 6.45) is -2.97. The maximum absolute atomic E-state index is 12.6. The Morgan fingerprint density at radius 3 is 1.90 bits per heavy atom. The Hall–Kier alpha value is -3.89. The summed E-state index contributed by atoms with van der Waals surface area (Å²) in [5.74, 6) is -2.51. The van der Waals surface area contributed by atoms with Gasteiger partial charge in [0.05, 0.1) is 0 Å². The number of phenols is 1. The Bertz CT molecular complexity index is 1250. The van der Waals surface area contributed by atoms with Crippen LogP contribution in [0.5, 0.6) is 5.75 Å². The van der Waals surface area contributed by atoms with Gasteiger partial charge in [-0.15, -0.1) is 0 Å². The van der Waals surface area contributed by atoms with E-state index in [0.717, 1.165) is 63.4 Å². The molecule has 3 aromatic carbocycles. The molecule has 0 atom stereocenters. The molecule has 3 N–H and O–H groups in total. The Balaban J connectivity index is 0.000000559. The van der Waals surface area contributed by atoms with Gasteiger partial charge in [0.2, 0.25) is 0 Å². The lowest BCUT2D eigenvalue weighted by molar-refractivity contribution is -0.192. The molecule has 40 heavy (non-hydrogen) atoms. The molecule has 1 amide bonds. The zero-order valence-electron chi connectivity index (χ0n) is 22.3. The zero-order valence-corrected chi connectivity index (χ0v) is 22.3. The number of aryl methyl sites for hydroxylation is 1. The number of aliphatic carboxylic acids is 1. The van der Waals surface area contributed by atoms with Crippen molar-refractivity contribution >= 4 is 17.6 Å². The molecule has 1 fully saturated rings. The number of hydrogen-bond acceptors (Lipinski definition) is 5. The van der Waals surface area contributed by atoms with Crippen molar-refractivity contribution in [1.29, 1.82) is 0 Å². The van der Waals surface area contributed by atoms with E-state index in [2.05, 4.69) is 40.2 Å². The minimum atomic E-state index is -5.08. The van der Waals surface area contributed by atoms with Gasteiger partial charge in [0.25, 0.3) is 5.91 Å². The van der Waals surface area contributed by atoms with Gasteiger partial charge in [-0.1, -0.05) is 43.3 Å². The fourth-order valence-corrected chi connectivity index (χ4v) is 4.30. The van der Waals surface area contributed by atoms with E-state index in [1.54, 1.807) is 6.07 Å². The Morgan fingerprint density at radius 2 is 1.38 bits per heavy atom. The fraction of sp³-hybridized carbons (Fsp3) is 0.333. The molecule has 10 heteroatoms. The van der Waals surface area contributed by atoms with Crippen LogP contribution < -0.4 is 5.32 Å². The first-order valence-corrected chi connectivity index (χ1v) is 13.1. The van der Waals surface area contributed by atoms with Gasteiger partial charge in [-0.3, -0.25) is 14.6 Å². The molecule has 0 spiro atoms. The molecule has 1 heterocycles. The van der Waals surface area contributed by atoms with E-state index in [0.29, 0.717) is 11.3 Å². The van der Waals surface area contributed by atoms with Gasteiger partial charge < -0.3 is 15.5 Å². The van der Waals surface area contributed by atoms with E-state index in [1.807, 2.05) is 48.5 Å². The lowest BCUT2D eigenvalue weighted by Crippen LogP contribution is -2.30. The third-order valence-electron chi connectivity index (χ3n) is 6.48. The molecule has 1 aliphatic heterocycles. The minimum Gasteiger partial charge on any atom is -0.508 e. The quantitative estimate of drug-likeness (QED) is 0.353. The number of nitrogens with zero attached hydrogens (tertiary/aromatic N) is 2. The zero-order chi connectivity index (χ0) is 29.1. The number of carboxylic acid groups (broad SMARTS) is 1. The van der Waals surface area contributed by atoms with Gasteiger partial charge >= 0.3 is 12.1 Å². The standard InChI is InChI=1S/C28H33N3O2.C2HF3O2/c1-2-22-9-13-26(14-10-22)29-28(33)25-11-7-23(8-12-25)20-30-15-4-16-31(18-17-30)21-24-5-3-6-27(32)19-24;3-2(4,5)1(6)7/h3,5-14,19,32H,2,4,15-18,20-21H2,1H3,(H,29,33);(H,6,7). The van der Waals surface area contributed by atoms with E-state index in [1.165, 1.54) is 11.1 Å². The summed E-state index contributed by atoms with van der Waals surface area (Å²) < 4.78 is 31.7. The first-order valence-electron chi connectivity index (χ1n) is 13.1. The van der Waals surface area contributed by atoms with Gasteiger partial charge in [-0.25, -0.2) is 4.79 Å². The van der Waals surface area contributed by atoms with Crippen LogP contribution in [0, 0.1) is 0 Å². The lowest BCUT2D eigenvalue weighted by Gasteiger charge is -2.22. The van der Waals surface area contributed by atoms with Crippen molar-refractivity contribution < 1.29 is 33.0 Å². The highest BCUT2D eigenvalue weighted by Gasteiger charge is 2.38. The van der Waals surface area contributed by atoms with Gasteiger partial charge in [-0.05, 0) is 79.0 Å². The van der Waals surface area contributed by atoms with Gasteiger partial charge in [0.15, 0.2) is 0 Å². The second kappa shape index (κ2) is 14.5. The SMILES string of the molecule is CCc1ccc(NC(=O)c2ccc(CN3CCCN(Cc4cccc(O)c4)CC3)cc2)cc1.O=C(O)C(F)(F)F. The predicted octanol–water partition coefficient (Wildman–Crippen LogP) is 5.55. The van der Waals surface area contributed by atoms with Crippen molar-refractivity contribution in [1.82, 2.24) is 9.80 Å². The van der Waals surface area contributed by atoms with Gasteiger partial charge in [0, 0.05) is 37.4 Å². The van der Waals surface area contributed by atoms with Crippen LogP contribution in [0.3, 0.4) is 0 Å². The number of phenolic OH excluding ortho intramolecular Hbond substituents is 1. The number of carbonyl (C=O) groups is 2. The molecule has 3 aromatic rings. The van der Waals surface area contributed by atoms with Crippen molar-refractivity contribution in [3.8, 4) is 5.75 Å². The number of benzene rings is 3. The van der Waals surface area contributed by atoms with Crippen LogP contribution in [0.4, 0.5) is 18.9 Å². The van der Waals surface area contributed by atoms with E-state index < -0.39 is 12.1 Å². The number of nitrogens with one attached hydrogen (secondary N) is 1. The summed E-state index contributed by atoms with van der Waals surface area (Å²) in [6, 6.07) is 23.5.